The smallest absolute Gasteiger partial charge is 0.261 e. The minimum Gasteiger partial charge on any atom is -0.289 e. The molecular weight excluding hydrogens is 294 g/mol. The van der Waals surface area contributed by atoms with Crippen molar-refractivity contribution in [1.29, 1.82) is 0 Å². The molecule has 0 aliphatic heterocycles. The first kappa shape index (κ1) is 16.3. The van der Waals surface area contributed by atoms with Crippen LogP contribution in [0.4, 0.5) is 0 Å². The molecule has 0 heterocycles. The van der Waals surface area contributed by atoms with Crippen LogP contribution in [0.3, 0.4) is 0 Å². The van der Waals surface area contributed by atoms with Gasteiger partial charge in [0, 0.05) is 23.1 Å². The standard InChI is InChI=1S/C18H19NO2S/c1-18(2,3)15-11-9-14(10-12-15)17(21)22-19-16(20)13-7-5-4-6-8-13/h4-12H,1-3H3,(H,19,20). The van der Waals surface area contributed by atoms with Crippen LogP contribution in [0.25, 0.3) is 0 Å². The van der Waals surface area contributed by atoms with Crippen LogP contribution in [0.2, 0.25) is 0 Å². The molecule has 2 aromatic rings. The van der Waals surface area contributed by atoms with Crippen LogP contribution in [0.5, 0.6) is 0 Å². The zero-order valence-corrected chi connectivity index (χ0v) is 13.7. The van der Waals surface area contributed by atoms with Crippen molar-refractivity contribution in [3.8, 4) is 0 Å². The van der Waals surface area contributed by atoms with Gasteiger partial charge in [-0.2, -0.15) is 0 Å². The van der Waals surface area contributed by atoms with Gasteiger partial charge in [0.15, 0.2) is 0 Å². The van der Waals surface area contributed by atoms with Crippen LogP contribution in [0.15, 0.2) is 54.6 Å². The van der Waals surface area contributed by atoms with Gasteiger partial charge in [0.25, 0.3) is 5.91 Å². The third kappa shape index (κ3) is 4.21. The molecule has 2 rings (SSSR count). The highest BCUT2D eigenvalue weighted by molar-refractivity contribution is 8.12. The molecule has 4 heteroatoms. The van der Waals surface area contributed by atoms with Gasteiger partial charge >= 0.3 is 0 Å². The number of rotatable bonds is 2. The van der Waals surface area contributed by atoms with Crippen LogP contribution in [0, 0.1) is 0 Å². The molecule has 0 aliphatic carbocycles. The molecule has 0 saturated carbocycles. The SMILES string of the molecule is CC(C)(C)c1ccc(C(=O)SNC(=O)c2ccccc2)cc1. The zero-order chi connectivity index (χ0) is 16.2. The zero-order valence-electron chi connectivity index (χ0n) is 12.9. The topological polar surface area (TPSA) is 46.2 Å². The van der Waals surface area contributed by atoms with Crippen molar-refractivity contribution in [3.05, 3.63) is 71.3 Å². The Kier molecular flexibility index (Phi) is 5.03. The molecule has 1 N–H and O–H groups in total. The summed E-state index contributed by atoms with van der Waals surface area (Å²) >= 11 is 0.807. The van der Waals surface area contributed by atoms with E-state index in [2.05, 4.69) is 25.5 Å². The summed E-state index contributed by atoms with van der Waals surface area (Å²) in [4.78, 5) is 24.0. The largest absolute Gasteiger partial charge is 0.289 e. The maximum atomic E-state index is 12.1. The quantitative estimate of drug-likeness (QED) is 0.845. The van der Waals surface area contributed by atoms with E-state index in [0.717, 1.165) is 11.9 Å². The minimum atomic E-state index is -0.273. The van der Waals surface area contributed by atoms with E-state index in [1.165, 1.54) is 5.56 Å². The Morgan fingerprint density at radius 2 is 1.45 bits per heavy atom. The van der Waals surface area contributed by atoms with E-state index >= 15 is 0 Å². The number of hydrogen-bond donors (Lipinski definition) is 1. The summed E-state index contributed by atoms with van der Waals surface area (Å²) in [5.41, 5.74) is 2.33. The molecule has 3 nitrogen and oxygen atoms in total. The summed E-state index contributed by atoms with van der Waals surface area (Å²) in [7, 11) is 0. The Morgan fingerprint density at radius 1 is 0.864 bits per heavy atom. The monoisotopic (exact) mass is 313 g/mol. The highest BCUT2D eigenvalue weighted by atomic mass is 32.2. The minimum absolute atomic E-state index is 0.0518. The molecule has 0 aliphatic rings. The van der Waals surface area contributed by atoms with Gasteiger partial charge in [-0.05, 0) is 23.1 Å². The van der Waals surface area contributed by atoms with Crippen molar-refractivity contribution >= 4 is 23.0 Å². The Hall–Kier alpha value is -2.07. The lowest BCUT2D eigenvalue weighted by Crippen LogP contribution is -2.18. The first-order valence-corrected chi connectivity index (χ1v) is 7.87. The van der Waals surface area contributed by atoms with Crippen molar-refractivity contribution in [2.75, 3.05) is 0 Å². The van der Waals surface area contributed by atoms with Crippen LogP contribution in [-0.2, 0) is 5.41 Å². The number of nitrogens with one attached hydrogen (secondary N) is 1. The van der Waals surface area contributed by atoms with Crippen molar-refractivity contribution in [2.45, 2.75) is 26.2 Å². The van der Waals surface area contributed by atoms with Gasteiger partial charge in [0.1, 0.15) is 0 Å². The third-order valence-corrected chi connectivity index (χ3v) is 3.97. The molecule has 114 valence electrons. The molecule has 0 saturated heterocycles. The molecule has 0 spiro atoms. The first-order valence-electron chi connectivity index (χ1n) is 7.05. The van der Waals surface area contributed by atoms with E-state index in [4.69, 9.17) is 0 Å². The van der Waals surface area contributed by atoms with Gasteiger partial charge in [0.2, 0.25) is 5.12 Å². The lowest BCUT2D eigenvalue weighted by Gasteiger charge is -2.18. The fourth-order valence-corrected chi connectivity index (χ4v) is 2.46. The Bertz CT molecular complexity index is 658. The highest BCUT2D eigenvalue weighted by Gasteiger charge is 2.15. The number of hydrogen-bond acceptors (Lipinski definition) is 3. The summed E-state index contributed by atoms with van der Waals surface area (Å²) in [5, 5.41) is -0.176. The van der Waals surface area contributed by atoms with Crippen molar-refractivity contribution in [3.63, 3.8) is 0 Å². The summed E-state index contributed by atoms with van der Waals surface area (Å²) in [6.45, 7) is 6.37. The molecule has 0 unspecified atom stereocenters. The predicted molar refractivity (Wildman–Crippen MR) is 91.0 cm³/mol. The van der Waals surface area contributed by atoms with E-state index in [0.29, 0.717) is 11.1 Å². The molecule has 0 fully saturated rings. The maximum absolute atomic E-state index is 12.1. The number of amides is 1. The molecule has 0 atom stereocenters. The van der Waals surface area contributed by atoms with Crippen LogP contribution < -0.4 is 4.72 Å². The van der Waals surface area contributed by atoms with E-state index in [1.807, 2.05) is 18.2 Å². The van der Waals surface area contributed by atoms with Crippen LogP contribution >= 0.6 is 11.9 Å². The molecule has 0 bridgehead atoms. The maximum Gasteiger partial charge on any atom is 0.261 e. The average molecular weight is 313 g/mol. The van der Waals surface area contributed by atoms with Gasteiger partial charge in [0.05, 0.1) is 0 Å². The summed E-state index contributed by atoms with van der Waals surface area (Å²) in [6.07, 6.45) is 0. The molecule has 0 aromatic heterocycles. The van der Waals surface area contributed by atoms with Crippen LogP contribution in [-0.4, -0.2) is 11.0 Å². The van der Waals surface area contributed by atoms with Gasteiger partial charge in [-0.1, -0.05) is 63.2 Å². The second-order valence-corrected chi connectivity index (χ2v) is 6.79. The van der Waals surface area contributed by atoms with E-state index in [-0.39, 0.29) is 16.4 Å². The Labute approximate surface area is 135 Å². The van der Waals surface area contributed by atoms with E-state index < -0.39 is 0 Å². The average Bonchev–Trinajstić information content (AvgIpc) is 2.52. The third-order valence-electron chi connectivity index (χ3n) is 3.26. The highest BCUT2D eigenvalue weighted by Crippen LogP contribution is 2.23. The first-order chi connectivity index (χ1) is 10.4. The fraction of sp³-hybridized carbons (Fsp3) is 0.222. The van der Waals surface area contributed by atoms with Crippen molar-refractivity contribution in [1.82, 2.24) is 4.72 Å². The molecular formula is C18H19NO2S. The number of benzene rings is 2. The lowest BCUT2D eigenvalue weighted by atomic mass is 9.87. The second kappa shape index (κ2) is 6.79. The van der Waals surface area contributed by atoms with E-state index in [1.54, 1.807) is 36.4 Å². The number of carbonyl (C=O) groups excluding carboxylic acids is 2. The summed E-state index contributed by atoms with van der Waals surface area (Å²) in [5.74, 6) is -0.273. The summed E-state index contributed by atoms with van der Waals surface area (Å²) < 4.78 is 2.57. The van der Waals surface area contributed by atoms with Gasteiger partial charge in [-0.15, -0.1) is 0 Å². The summed E-state index contributed by atoms with van der Waals surface area (Å²) in [6, 6.07) is 16.3. The number of carbonyl (C=O) groups is 2. The molecule has 0 radical (unpaired) electrons. The normalized spacial score (nSPS) is 11.0. The van der Waals surface area contributed by atoms with Gasteiger partial charge in [-0.25, -0.2) is 0 Å². The fourth-order valence-electron chi connectivity index (χ4n) is 1.91. The molecule has 22 heavy (non-hydrogen) atoms. The van der Waals surface area contributed by atoms with Crippen LogP contribution in [0.1, 0.15) is 47.1 Å². The lowest BCUT2D eigenvalue weighted by molar-refractivity contribution is 0.0978. The molecule has 1 amide bonds. The van der Waals surface area contributed by atoms with Gasteiger partial charge < -0.3 is 0 Å². The van der Waals surface area contributed by atoms with Crippen molar-refractivity contribution < 1.29 is 9.59 Å². The van der Waals surface area contributed by atoms with E-state index in [9.17, 15) is 9.59 Å². The Morgan fingerprint density at radius 3 is 2.00 bits per heavy atom. The Balaban J connectivity index is 1.97. The molecule has 2 aromatic carbocycles. The van der Waals surface area contributed by atoms with Crippen molar-refractivity contribution in [2.24, 2.45) is 0 Å². The van der Waals surface area contributed by atoms with Gasteiger partial charge in [-0.3, -0.25) is 14.3 Å². The second-order valence-electron chi connectivity index (χ2n) is 6.01. The predicted octanol–water partition coefficient (Wildman–Crippen LogP) is 4.20.